The van der Waals surface area contributed by atoms with Gasteiger partial charge in [0.15, 0.2) is 0 Å². The lowest BCUT2D eigenvalue weighted by Gasteiger charge is -2.37. The molecular weight excluding hydrogens is 303 g/mol. The van der Waals surface area contributed by atoms with Crippen molar-refractivity contribution in [1.82, 2.24) is 10.2 Å². The summed E-state index contributed by atoms with van der Waals surface area (Å²) in [6, 6.07) is 6.13. The van der Waals surface area contributed by atoms with Crippen molar-refractivity contribution in [3.63, 3.8) is 0 Å². The van der Waals surface area contributed by atoms with E-state index in [-0.39, 0.29) is 6.04 Å². The highest BCUT2D eigenvalue weighted by Gasteiger charge is 2.25. The van der Waals surface area contributed by atoms with Gasteiger partial charge in [0.05, 0.1) is 10.0 Å². The summed E-state index contributed by atoms with van der Waals surface area (Å²) in [7, 11) is 1.99. The Hall–Kier alpha value is -0.280. The molecule has 1 heterocycles. The summed E-state index contributed by atoms with van der Waals surface area (Å²) in [6.07, 6.45) is 3.63. The predicted octanol–water partition coefficient (Wildman–Crippen LogP) is 4.77. The summed E-state index contributed by atoms with van der Waals surface area (Å²) in [5.41, 5.74) is 1.61. The Labute approximate surface area is 138 Å². The third-order valence-corrected chi connectivity index (χ3v) is 5.48. The lowest BCUT2D eigenvalue weighted by molar-refractivity contribution is 0.128. The van der Waals surface area contributed by atoms with Gasteiger partial charge in [0.1, 0.15) is 0 Å². The average molecular weight is 329 g/mol. The van der Waals surface area contributed by atoms with Crippen molar-refractivity contribution in [2.75, 3.05) is 26.7 Å². The zero-order chi connectivity index (χ0) is 15.5. The number of hydrogen-bond acceptors (Lipinski definition) is 2. The van der Waals surface area contributed by atoms with Gasteiger partial charge in [0, 0.05) is 6.04 Å². The fourth-order valence-electron chi connectivity index (χ4n) is 2.94. The second-order valence-electron chi connectivity index (χ2n) is 6.78. The number of nitrogens with zero attached hydrogens (tertiary/aromatic N) is 1. The minimum Gasteiger partial charge on any atom is -0.313 e. The van der Waals surface area contributed by atoms with E-state index in [9.17, 15) is 0 Å². The lowest BCUT2D eigenvalue weighted by atomic mass is 9.82. The number of rotatable bonds is 5. The summed E-state index contributed by atoms with van der Waals surface area (Å²) in [6.45, 7) is 8.24. The molecule has 1 N–H and O–H groups in total. The first-order chi connectivity index (χ1) is 9.93. The quantitative estimate of drug-likeness (QED) is 0.837. The monoisotopic (exact) mass is 328 g/mol. The Balaban J connectivity index is 1.93. The zero-order valence-corrected chi connectivity index (χ0v) is 14.8. The van der Waals surface area contributed by atoms with Crippen molar-refractivity contribution in [2.24, 2.45) is 5.41 Å². The van der Waals surface area contributed by atoms with Crippen molar-refractivity contribution in [2.45, 2.75) is 39.2 Å². The molecule has 21 heavy (non-hydrogen) atoms. The minimum atomic E-state index is 0.256. The lowest BCUT2D eigenvalue weighted by Crippen LogP contribution is -2.38. The number of likely N-dealkylation sites (tertiary alicyclic amines) is 1. The fraction of sp³-hybridized carbons (Fsp3) is 0.647. The van der Waals surface area contributed by atoms with E-state index in [1.165, 1.54) is 25.9 Å². The van der Waals surface area contributed by atoms with Gasteiger partial charge < -0.3 is 10.2 Å². The molecule has 0 spiro atoms. The third-order valence-electron chi connectivity index (χ3n) is 4.65. The molecule has 4 heteroatoms. The van der Waals surface area contributed by atoms with Gasteiger partial charge in [-0.05, 0) is 63.0 Å². The molecule has 1 saturated heterocycles. The van der Waals surface area contributed by atoms with Crippen LogP contribution in [0.3, 0.4) is 0 Å². The first-order valence-electron chi connectivity index (χ1n) is 7.76. The average Bonchev–Trinajstić information content (AvgIpc) is 2.45. The number of piperidine rings is 1. The second kappa shape index (κ2) is 7.32. The number of hydrogen-bond donors (Lipinski definition) is 1. The van der Waals surface area contributed by atoms with Crippen LogP contribution in [-0.2, 0) is 0 Å². The third kappa shape index (κ3) is 4.59. The smallest absolute Gasteiger partial charge is 0.0640 e. The molecule has 1 atom stereocenters. The normalized spacial score (nSPS) is 20.4. The van der Waals surface area contributed by atoms with Crippen molar-refractivity contribution in [3.05, 3.63) is 33.8 Å². The maximum absolute atomic E-state index is 6.34. The Morgan fingerprint density at radius 3 is 2.52 bits per heavy atom. The van der Waals surface area contributed by atoms with Gasteiger partial charge in [-0.1, -0.05) is 49.2 Å². The van der Waals surface area contributed by atoms with Crippen LogP contribution >= 0.6 is 23.2 Å². The standard InChI is InChI=1S/C17H26Cl2N2/c1-17(2)8-11-21(12-9-17)10-7-15(20-3)13-5-4-6-14(18)16(13)19/h4-6,15,20H,7-12H2,1-3H3. The SMILES string of the molecule is CNC(CCN1CCC(C)(C)CC1)c1cccc(Cl)c1Cl. The maximum Gasteiger partial charge on any atom is 0.0640 e. The van der Waals surface area contributed by atoms with Crippen LogP contribution in [-0.4, -0.2) is 31.6 Å². The molecule has 0 radical (unpaired) electrons. The van der Waals surface area contributed by atoms with E-state index in [1.807, 2.05) is 19.2 Å². The van der Waals surface area contributed by atoms with Gasteiger partial charge in [-0.25, -0.2) is 0 Å². The maximum atomic E-state index is 6.34. The number of nitrogens with one attached hydrogen (secondary N) is 1. The van der Waals surface area contributed by atoms with E-state index in [4.69, 9.17) is 23.2 Å². The van der Waals surface area contributed by atoms with E-state index in [0.29, 0.717) is 15.5 Å². The van der Waals surface area contributed by atoms with Crippen LogP contribution in [0.1, 0.15) is 44.7 Å². The Kier molecular flexibility index (Phi) is 5.96. The molecule has 1 aliphatic heterocycles. The molecule has 0 aliphatic carbocycles. The molecule has 1 fully saturated rings. The first kappa shape index (κ1) is 17.1. The van der Waals surface area contributed by atoms with Gasteiger partial charge in [0.2, 0.25) is 0 Å². The molecule has 0 bridgehead atoms. The van der Waals surface area contributed by atoms with E-state index >= 15 is 0 Å². The summed E-state index contributed by atoms with van der Waals surface area (Å²) >= 11 is 12.5. The van der Waals surface area contributed by atoms with Gasteiger partial charge in [-0.15, -0.1) is 0 Å². The Morgan fingerprint density at radius 1 is 1.24 bits per heavy atom. The van der Waals surface area contributed by atoms with Gasteiger partial charge >= 0.3 is 0 Å². The summed E-state index contributed by atoms with van der Waals surface area (Å²) < 4.78 is 0. The van der Waals surface area contributed by atoms with Crippen LogP contribution < -0.4 is 5.32 Å². The van der Waals surface area contributed by atoms with Crippen LogP contribution in [0.4, 0.5) is 0 Å². The summed E-state index contributed by atoms with van der Waals surface area (Å²) in [5.74, 6) is 0. The number of halogens is 2. The van der Waals surface area contributed by atoms with Crippen molar-refractivity contribution in [3.8, 4) is 0 Å². The Morgan fingerprint density at radius 2 is 1.90 bits per heavy atom. The molecule has 1 aliphatic rings. The summed E-state index contributed by atoms with van der Waals surface area (Å²) in [5, 5.41) is 4.68. The van der Waals surface area contributed by atoms with Gasteiger partial charge in [-0.3, -0.25) is 0 Å². The molecule has 0 amide bonds. The molecule has 2 rings (SSSR count). The highest BCUT2D eigenvalue weighted by molar-refractivity contribution is 6.42. The molecule has 1 aromatic carbocycles. The largest absolute Gasteiger partial charge is 0.313 e. The van der Waals surface area contributed by atoms with E-state index < -0.39 is 0 Å². The first-order valence-corrected chi connectivity index (χ1v) is 8.52. The zero-order valence-electron chi connectivity index (χ0n) is 13.3. The fourth-order valence-corrected chi connectivity index (χ4v) is 3.38. The van der Waals surface area contributed by atoms with Crippen LogP contribution in [0.15, 0.2) is 18.2 Å². The molecule has 2 nitrogen and oxygen atoms in total. The molecule has 1 aromatic rings. The van der Waals surface area contributed by atoms with Crippen molar-refractivity contribution in [1.29, 1.82) is 0 Å². The predicted molar refractivity (Wildman–Crippen MR) is 92.3 cm³/mol. The summed E-state index contributed by atoms with van der Waals surface area (Å²) in [4.78, 5) is 2.56. The molecule has 1 unspecified atom stereocenters. The molecule has 0 saturated carbocycles. The van der Waals surface area contributed by atoms with Crippen LogP contribution in [0.25, 0.3) is 0 Å². The van der Waals surface area contributed by atoms with Crippen molar-refractivity contribution >= 4 is 23.2 Å². The van der Waals surface area contributed by atoms with Gasteiger partial charge in [0.25, 0.3) is 0 Å². The van der Waals surface area contributed by atoms with Crippen LogP contribution in [0, 0.1) is 5.41 Å². The van der Waals surface area contributed by atoms with Crippen LogP contribution in [0.5, 0.6) is 0 Å². The van der Waals surface area contributed by atoms with E-state index in [2.05, 4.69) is 30.1 Å². The highest BCUT2D eigenvalue weighted by Crippen LogP contribution is 2.33. The molecule has 0 aromatic heterocycles. The number of benzene rings is 1. The minimum absolute atomic E-state index is 0.256. The molecular formula is C17H26Cl2N2. The second-order valence-corrected chi connectivity index (χ2v) is 7.56. The molecule has 118 valence electrons. The van der Waals surface area contributed by atoms with Gasteiger partial charge in [-0.2, -0.15) is 0 Å². The van der Waals surface area contributed by atoms with Crippen LogP contribution in [0.2, 0.25) is 10.0 Å². The highest BCUT2D eigenvalue weighted by atomic mass is 35.5. The van der Waals surface area contributed by atoms with Crippen molar-refractivity contribution < 1.29 is 0 Å². The topological polar surface area (TPSA) is 15.3 Å². The Bertz CT molecular complexity index is 464. The van der Waals surface area contributed by atoms with E-state index in [0.717, 1.165) is 18.5 Å². The van der Waals surface area contributed by atoms with E-state index in [1.54, 1.807) is 0 Å².